The van der Waals surface area contributed by atoms with Crippen LogP contribution in [0.5, 0.6) is 0 Å². The quantitative estimate of drug-likeness (QED) is 0.718. The molecule has 82 valence electrons. The van der Waals surface area contributed by atoms with Gasteiger partial charge < -0.3 is 15.4 Å². The maximum Gasteiger partial charge on any atom is 0.315 e. The van der Waals surface area contributed by atoms with E-state index < -0.39 is 0 Å². The lowest BCUT2D eigenvalue weighted by Crippen LogP contribution is -2.54. The summed E-state index contributed by atoms with van der Waals surface area (Å²) in [4.78, 5) is 11.5. The minimum absolute atomic E-state index is 0.0863. The molecule has 0 saturated heterocycles. The molecule has 1 aliphatic rings. The lowest BCUT2D eigenvalue weighted by molar-refractivity contribution is 0.129. The summed E-state index contributed by atoms with van der Waals surface area (Å²) < 4.78 is 5.01. The fourth-order valence-electron chi connectivity index (χ4n) is 1.48. The van der Waals surface area contributed by atoms with Gasteiger partial charge in [-0.05, 0) is 33.1 Å². The number of methoxy groups -OCH3 is 1. The Kier molecular flexibility index (Phi) is 3.75. The van der Waals surface area contributed by atoms with E-state index in [9.17, 15) is 4.79 Å². The van der Waals surface area contributed by atoms with Gasteiger partial charge in [0.25, 0.3) is 0 Å². The van der Waals surface area contributed by atoms with Crippen LogP contribution in [-0.2, 0) is 4.74 Å². The zero-order chi connectivity index (χ0) is 10.6. The number of hydrogen-bond donors (Lipinski definition) is 2. The van der Waals surface area contributed by atoms with Crippen molar-refractivity contribution in [3.05, 3.63) is 0 Å². The third-order valence-electron chi connectivity index (χ3n) is 2.40. The minimum atomic E-state index is -0.303. The summed E-state index contributed by atoms with van der Waals surface area (Å²) in [6.07, 6.45) is 3.45. The molecule has 4 nitrogen and oxygen atoms in total. The summed E-state index contributed by atoms with van der Waals surface area (Å²) in [7, 11) is 1.63. The van der Waals surface area contributed by atoms with Gasteiger partial charge in [0.1, 0.15) is 0 Å². The molecule has 0 aromatic rings. The molecule has 0 radical (unpaired) electrons. The highest BCUT2D eigenvalue weighted by molar-refractivity contribution is 5.75. The Bertz CT molecular complexity index is 200. The Morgan fingerprint density at radius 3 is 2.57 bits per heavy atom. The number of ether oxygens (including phenoxy) is 1. The van der Waals surface area contributed by atoms with Crippen LogP contribution >= 0.6 is 0 Å². The molecule has 0 heterocycles. The van der Waals surface area contributed by atoms with Gasteiger partial charge in [0.2, 0.25) is 0 Å². The molecule has 0 aromatic carbocycles. The van der Waals surface area contributed by atoms with Crippen molar-refractivity contribution in [2.45, 2.75) is 44.7 Å². The van der Waals surface area contributed by atoms with E-state index in [1.807, 2.05) is 13.8 Å². The van der Waals surface area contributed by atoms with E-state index in [-0.39, 0.29) is 11.6 Å². The summed E-state index contributed by atoms with van der Waals surface area (Å²) in [6, 6.07) is 0.296. The highest BCUT2D eigenvalue weighted by Gasteiger charge is 2.24. The van der Waals surface area contributed by atoms with E-state index in [1.165, 1.54) is 6.42 Å². The van der Waals surface area contributed by atoms with Crippen LogP contribution in [0.1, 0.15) is 33.1 Å². The average Bonchev–Trinajstić information content (AvgIpc) is 1.95. The smallest absolute Gasteiger partial charge is 0.315 e. The predicted molar refractivity (Wildman–Crippen MR) is 55.3 cm³/mol. The van der Waals surface area contributed by atoms with E-state index in [2.05, 4.69) is 10.6 Å². The third-order valence-corrected chi connectivity index (χ3v) is 2.40. The molecule has 0 aromatic heterocycles. The monoisotopic (exact) mass is 200 g/mol. The largest absolute Gasteiger partial charge is 0.382 e. The fourth-order valence-corrected chi connectivity index (χ4v) is 1.48. The molecular formula is C10H20N2O2. The van der Waals surface area contributed by atoms with Gasteiger partial charge in [0, 0.05) is 13.2 Å². The van der Waals surface area contributed by atoms with Crippen LogP contribution in [0.15, 0.2) is 0 Å². The van der Waals surface area contributed by atoms with Gasteiger partial charge in [0.15, 0.2) is 0 Å². The van der Waals surface area contributed by atoms with E-state index in [0.717, 1.165) is 12.8 Å². The molecule has 1 aliphatic carbocycles. The van der Waals surface area contributed by atoms with Gasteiger partial charge in [-0.15, -0.1) is 0 Å². The Morgan fingerprint density at radius 2 is 2.14 bits per heavy atom. The molecule has 4 heteroatoms. The molecule has 0 aliphatic heterocycles. The fraction of sp³-hybridized carbons (Fsp3) is 0.900. The second-order valence-electron chi connectivity index (χ2n) is 4.54. The lowest BCUT2D eigenvalue weighted by atomic mass is 9.93. The van der Waals surface area contributed by atoms with Gasteiger partial charge in [-0.3, -0.25) is 0 Å². The standard InChI is InChI=1S/C10H20N2O2/c1-10(2,7-14-3)12-9(13)11-8-5-4-6-8/h8H,4-7H2,1-3H3,(H2,11,12,13). The summed E-state index contributed by atoms with van der Waals surface area (Å²) >= 11 is 0. The van der Waals surface area contributed by atoms with Crippen molar-refractivity contribution in [1.82, 2.24) is 10.6 Å². The second kappa shape index (κ2) is 4.64. The molecule has 14 heavy (non-hydrogen) atoms. The number of amides is 2. The van der Waals surface area contributed by atoms with Gasteiger partial charge in [0.05, 0.1) is 12.1 Å². The Labute approximate surface area is 85.4 Å². The van der Waals surface area contributed by atoms with Crippen LogP contribution in [-0.4, -0.2) is 31.3 Å². The van der Waals surface area contributed by atoms with Crippen molar-refractivity contribution >= 4 is 6.03 Å². The number of carbonyl (C=O) groups excluding carboxylic acids is 1. The van der Waals surface area contributed by atoms with Crippen molar-refractivity contribution in [2.24, 2.45) is 0 Å². The maximum atomic E-state index is 11.5. The topological polar surface area (TPSA) is 50.4 Å². The number of nitrogens with one attached hydrogen (secondary N) is 2. The predicted octanol–water partition coefficient (Wildman–Crippen LogP) is 1.26. The van der Waals surface area contributed by atoms with Crippen LogP contribution in [0.3, 0.4) is 0 Å². The zero-order valence-electron chi connectivity index (χ0n) is 9.22. The molecule has 1 rings (SSSR count). The van der Waals surface area contributed by atoms with Gasteiger partial charge in [-0.2, -0.15) is 0 Å². The molecule has 0 atom stereocenters. The molecule has 0 unspecified atom stereocenters. The Balaban J connectivity index is 2.23. The summed E-state index contributed by atoms with van der Waals surface area (Å²) in [5, 5.41) is 5.81. The molecule has 1 saturated carbocycles. The highest BCUT2D eigenvalue weighted by atomic mass is 16.5. The van der Waals surface area contributed by atoms with Crippen molar-refractivity contribution < 1.29 is 9.53 Å². The third kappa shape index (κ3) is 3.54. The van der Waals surface area contributed by atoms with Crippen molar-refractivity contribution in [1.29, 1.82) is 0 Å². The van der Waals surface area contributed by atoms with Crippen LogP contribution in [0.25, 0.3) is 0 Å². The van der Waals surface area contributed by atoms with Crippen LogP contribution in [0.2, 0.25) is 0 Å². The minimum Gasteiger partial charge on any atom is -0.382 e. The van der Waals surface area contributed by atoms with Gasteiger partial charge >= 0.3 is 6.03 Å². The first-order chi connectivity index (χ1) is 6.53. The first-order valence-electron chi connectivity index (χ1n) is 5.11. The maximum absolute atomic E-state index is 11.5. The van der Waals surface area contributed by atoms with Crippen molar-refractivity contribution in [2.75, 3.05) is 13.7 Å². The highest BCUT2D eigenvalue weighted by Crippen LogP contribution is 2.17. The first kappa shape index (κ1) is 11.3. The van der Waals surface area contributed by atoms with Crippen molar-refractivity contribution in [3.63, 3.8) is 0 Å². The van der Waals surface area contributed by atoms with E-state index >= 15 is 0 Å². The number of urea groups is 1. The normalized spacial score (nSPS) is 17.4. The van der Waals surface area contributed by atoms with E-state index in [4.69, 9.17) is 4.74 Å². The number of rotatable bonds is 4. The zero-order valence-corrected chi connectivity index (χ0v) is 9.22. The molecular weight excluding hydrogens is 180 g/mol. The van der Waals surface area contributed by atoms with E-state index in [0.29, 0.717) is 12.6 Å². The molecule has 0 bridgehead atoms. The second-order valence-corrected chi connectivity index (χ2v) is 4.54. The SMILES string of the molecule is COCC(C)(C)NC(=O)NC1CCC1. The van der Waals surface area contributed by atoms with Crippen molar-refractivity contribution in [3.8, 4) is 0 Å². The molecule has 1 fully saturated rings. The molecule has 0 spiro atoms. The molecule has 2 N–H and O–H groups in total. The van der Waals surface area contributed by atoms with Crippen LogP contribution in [0, 0.1) is 0 Å². The van der Waals surface area contributed by atoms with Crippen LogP contribution in [0.4, 0.5) is 4.79 Å². The first-order valence-corrected chi connectivity index (χ1v) is 5.11. The van der Waals surface area contributed by atoms with Gasteiger partial charge in [-0.25, -0.2) is 4.79 Å². The van der Waals surface area contributed by atoms with E-state index in [1.54, 1.807) is 7.11 Å². The lowest BCUT2D eigenvalue weighted by Gasteiger charge is -2.30. The summed E-state index contributed by atoms with van der Waals surface area (Å²) in [5.41, 5.74) is -0.303. The van der Waals surface area contributed by atoms with Gasteiger partial charge in [-0.1, -0.05) is 0 Å². The van der Waals surface area contributed by atoms with Crippen LogP contribution < -0.4 is 10.6 Å². The molecule has 2 amide bonds. The summed E-state index contributed by atoms with van der Waals surface area (Å²) in [6.45, 7) is 4.40. The Morgan fingerprint density at radius 1 is 1.50 bits per heavy atom. The Hall–Kier alpha value is -0.770. The number of carbonyl (C=O) groups is 1. The summed E-state index contributed by atoms with van der Waals surface area (Å²) in [5.74, 6) is 0. The number of hydrogen-bond acceptors (Lipinski definition) is 2. The average molecular weight is 200 g/mol.